The van der Waals surface area contributed by atoms with Crippen molar-refractivity contribution in [2.75, 3.05) is 7.05 Å². The third-order valence-corrected chi connectivity index (χ3v) is 0.760. The van der Waals surface area contributed by atoms with Gasteiger partial charge in [0, 0.05) is 7.05 Å². The Hall–Kier alpha value is -1.84. The van der Waals surface area contributed by atoms with E-state index in [4.69, 9.17) is 0 Å². The van der Waals surface area contributed by atoms with Crippen LogP contribution in [-0.2, 0) is 4.79 Å². The van der Waals surface area contributed by atoms with Crippen LogP contribution in [0, 0.1) is 0 Å². The van der Waals surface area contributed by atoms with Crippen molar-refractivity contribution >= 4 is 23.7 Å². The van der Waals surface area contributed by atoms with E-state index in [1.165, 1.54) is 6.41 Å². The average Bonchev–Trinajstić information content (AvgIpc) is 1.83. The van der Waals surface area contributed by atoms with Gasteiger partial charge >= 0.3 is 0 Å². The van der Waals surface area contributed by atoms with Crippen molar-refractivity contribution in [1.29, 1.82) is 0 Å². The van der Waals surface area contributed by atoms with Crippen LogP contribution in [0.4, 0.5) is 0 Å². The number of nitrogens with one attached hydrogen (secondary N) is 3. The Labute approximate surface area is 52.6 Å². The molecule has 0 atom stereocenters. The fourth-order valence-corrected chi connectivity index (χ4v) is 0.196. The van der Waals surface area contributed by atoms with E-state index in [2.05, 4.69) is 23.0 Å². The standard InChI is InChI=1S/C3H6N3OS.Rf/c1-4-3(8)6-5-2-7;/h1H3,(H,5,7)(H2,4,6,8);/q-1;. The number of hydrazine groups is 1. The molecule has 0 bridgehead atoms. The Bertz CT molecular complexity index is 99.1. The number of thiocarbonyl (C=S) groups is 1. The summed E-state index contributed by atoms with van der Waals surface area (Å²) in [5.41, 5.74) is 4.37. The maximum atomic E-state index is 9.44. The van der Waals surface area contributed by atoms with Gasteiger partial charge < -0.3 is 21.0 Å². The van der Waals surface area contributed by atoms with Crippen molar-refractivity contribution in [3.63, 3.8) is 0 Å². The molecule has 1 amide bonds. The minimum atomic E-state index is 0. The fourth-order valence-electron chi connectivity index (χ4n) is 0.145. The molecule has 0 aliphatic rings. The molecule has 0 unspecified atom stereocenters. The van der Waals surface area contributed by atoms with Crippen LogP contribution in [0.5, 0.6) is 0 Å². The number of rotatable bonds is 2. The fraction of sp³-hybridized carbons (Fsp3) is 0.333. The summed E-state index contributed by atoms with van der Waals surface area (Å²) >= 11 is 4.56. The molecule has 0 fully saturated rings. The Balaban J connectivity index is 0. The summed E-state index contributed by atoms with van der Waals surface area (Å²) < 4.78 is 0. The second-order valence-corrected chi connectivity index (χ2v) is 1.34. The molecular weight excluding hydrogens is 393 g/mol. The minimum Gasteiger partial charge on any atom is -0.518 e. The maximum absolute atomic E-state index is 9.44. The van der Waals surface area contributed by atoms with Crippen molar-refractivity contribution in [3.05, 3.63) is 0 Å². The van der Waals surface area contributed by atoms with E-state index in [9.17, 15) is 4.79 Å². The first-order chi connectivity index (χ1) is 3.81. The molecule has 6 heteroatoms. The summed E-state index contributed by atoms with van der Waals surface area (Å²) in [4.78, 5) is 9.44. The molecule has 0 saturated carbocycles. The van der Waals surface area contributed by atoms with Gasteiger partial charge in [0.05, 0.1) is 0 Å². The predicted octanol–water partition coefficient (Wildman–Crippen LogP) is -1.35. The molecule has 0 rings (SSSR count). The third kappa shape index (κ3) is 6.16. The monoisotopic (exact) mass is 399 g/mol. The van der Waals surface area contributed by atoms with E-state index >= 15 is 0 Å². The maximum Gasteiger partial charge on any atom is 0.182 e. The van der Waals surface area contributed by atoms with Gasteiger partial charge in [0.2, 0.25) is 0 Å². The van der Waals surface area contributed by atoms with Crippen molar-refractivity contribution in [2.45, 2.75) is 0 Å². The molecular formula is C3H6N3ORfS-. The second kappa shape index (κ2) is 6.16. The number of carbonyl (C=O) groups excluding carboxylic acids is 1. The molecule has 4 nitrogen and oxygen atoms in total. The first kappa shape index (κ1) is 10.2. The normalized spacial score (nSPS) is 6.33. The zero-order valence-corrected chi connectivity index (χ0v) is 12.2. The van der Waals surface area contributed by atoms with Crippen LogP contribution in [0.15, 0.2) is 0 Å². The molecule has 0 aromatic carbocycles. The molecule has 0 spiro atoms. The van der Waals surface area contributed by atoms with E-state index in [0.29, 0.717) is 5.11 Å². The molecule has 0 aliphatic heterocycles. The molecule has 9 heavy (non-hydrogen) atoms. The van der Waals surface area contributed by atoms with Crippen LogP contribution in [0.3, 0.4) is 0 Å². The van der Waals surface area contributed by atoms with Gasteiger partial charge in [0.25, 0.3) is 0 Å². The van der Waals surface area contributed by atoms with Crippen molar-refractivity contribution in [3.8, 4) is 0 Å². The van der Waals surface area contributed by atoms with Crippen LogP contribution in [0.25, 0.3) is 0 Å². The summed E-state index contributed by atoms with van der Waals surface area (Å²) in [6, 6.07) is 0. The summed E-state index contributed by atoms with van der Waals surface area (Å²) in [6.07, 6.45) is 1.39. The van der Waals surface area contributed by atoms with Crippen LogP contribution in [0.2, 0.25) is 0 Å². The SMILES string of the molecule is CNC(=S)NN[C-]=O.[Rf]. The second-order valence-electron chi connectivity index (χ2n) is 0.931. The number of hydrogen-bond acceptors (Lipinski definition) is 2. The molecule has 48 valence electrons. The van der Waals surface area contributed by atoms with Gasteiger partial charge in [-0.05, 0) is 12.2 Å². The third-order valence-electron chi connectivity index (χ3n) is 0.454. The van der Waals surface area contributed by atoms with E-state index in [1.807, 2.05) is 5.43 Å². The van der Waals surface area contributed by atoms with E-state index in [-0.39, 0.29) is 0 Å². The van der Waals surface area contributed by atoms with Crippen molar-refractivity contribution in [1.82, 2.24) is 16.2 Å². The van der Waals surface area contributed by atoms with Crippen molar-refractivity contribution < 1.29 is 4.79 Å². The van der Waals surface area contributed by atoms with Gasteiger partial charge in [-0.1, -0.05) is 0 Å². The number of amides is 1. The van der Waals surface area contributed by atoms with Gasteiger partial charge in [0.15, 0.2) is 5.11 Å². The summed E-state index contributed by atoms with van der Waals surface area (Å²) in [6.45, 7) is 0. The van der Waals surface area contributed by atoms with E-state index < -0.39 is 0 Å². The molecule has 3 N–H and O–H groups in total. The quantitative estimate of drug-likeness (QED) is 0.233. The Morgan fingerprint density at radius 1 is 1.67 bits per heavy atom. The molecule has 0 heterocycles. The van der Waals surface area contributed by atoms with Gasteiger partial charge in [0.1, 0.15) is 0 Å². The number of hydrogen-bond donors (Lipinski definition) is 3. The summed E-state index contributed by atoms with van der Waals surface area (Å²) in [5.74, 6) is 0. The Morgan fingerprint density at radius 2 is 2.22 bits per heavy atom. The van der Waals surface area contributed by atoms with Crippen LogP contribution < -0.4 is 16.2 Å². The Morgan fingerprint density at radius 3 is 2.56 bits per heavy atom. The van der Waals surface area contributed by atoms with Crippen molar-refractivity contribution in [2.24, 2.45) is 0 Å². The zero-order chi connectivity index (χ0) is 6.41. The van der Waals surface area contributed by atoms with Crippen LogP contribution >= 0.6 is 12.2 Å². The van der Waals surface area contributed by atoms with Crippen LogP contribution in [-0.4, -0.2) is 18.6 Å². The summed E-state index contributed by atoms with van der Waals surface area (Å²) in [5, 5.41) is 2.93. The average molecular weight is 399 g/mol. The molecule has 0 aromatic heterocycles. The van der Waals surface area contributed by atoms with E-state index in [0.717, 1.165) is 0 Å². The molecule has 0 radical (unpaired) electrons. The smallest absolute Gasteiger partial charge is 0.182 e. The summed E-state index contributed by atoms with van der Waals surface area (Å²) in [7, 11) is 1.64. The largest absolute Gasteiger partial charge is 0.518 e. The van der Waals surface area contributed by atoms with E-state index in [1.54, 1.807) is 7.05 Å². The van der Waals surface area contributed by atoms with Gasteiger partial charge in [-0.25, -0.2) is 0 Å². The predicted molar refractivity (Wildman–Crippen MR) is 33.6 cm³/mol. The minimum absolute atomic E-state index is 0. The molecule has 0 aliphatic carbocycles. The van der Waals surface area contributed by atoms with Crippen LogP contribution in [0.1, 0.15) is 0 Å². The van der Waals surface area contributed by atoms with Gasteiger partial charge in [-0.15, -0.1) is 6.41 Å². The first-order valence-electron chi connectivity index (χ1n) is 1.91. The Kier molecular flexibility index (Phi) is 6.98. The topological polar surface area (TPSA) is 53.2 Å². The molecule has 0 aromatic rings. The van der Waals surface area contributed by atoms with Gasteiger partial charge in [-0.2, -0.15) is 0 Å². The zero-order valence-electron chi connectivity index (χ0n) is 5.02. The first-order valence-corrected chi connectivity index (χ1v) is 2.32. The molecule has 0 saturated heterocycles. The van der Waals surface area contributed by atoms with Gasteiger partial charge in [-0.3, -0.25) is 0 Å².